The third-order valence-corrected chi connectivity index (χ3v) is 13.2. The summed E-state index contributed by atoms with van der Waals surface area (Å²) in [6.45, 7) is 0. The van der Waals surface area contributed by atoms with Gasteiger partial charge in [0.1, 0.15) is 5.82 Å². The summed E-state index contributed by atoms with van der Waals surface area (Å²) < 4.78 is 2.26. The first kappa shape index (κ1) is 33.9. The van der Waals surface area contributed by atoms with Crippen LogP contribution < -0.4 is 0 Å². The van der Waals surface area contributed by atoms with Crippen molar-refractivity contribution in [2.75, 3.05) is 0 Å². The van der Waals surface area contributed by atoms with Crippen LogP contribution in [0.2, 0.25) is 0 Å². The molecule has 10 aromatic rings. The zero-order chi connectivity index (χ0) is 40.1. The van der Waals surface area contributed by atoms with Gasteiger partial charge >= 0.3 is 0 Å². The molecule has 61 heavy (non-hydrogen) atoms. The SMILES string of the molecule is C1#CC2C(=CC=C1)C1(c3ccccc3-c3ccccc31)c1ccc3c(c(-c4ccc(-c5ccc(-n6c(-c7ccccc7)nc7ccccc76)cc5)cc4)nc4ccccc43)c12. The number of hydrogen-bond acceptors (Lipinski definition) is 2. The van der Waals surface area contributed by atoms with E-state index in [0.29, 0.717) is 0 Å². The molecule has 0 aliphatic heterocycles. The Labute approximate surface area is 353 Å². The molecule has 0 radical (unpaired) electrons. The maximum atomic E-state index is 5.52. The fraction of sp³-hybridized carbons (Fsp3) is 0.0345. The van der Waals surface area contributed by atoms with E-state index in [-0.39, 0.29) is 5.92 Å². The fourth-order valence-corrected chi connectivity index (χ4v) is 10.7. The molecule has 3 heteroatoms. The average Bonchev–Trinajstić information content (AvgIpc) is 3.87. The molecule has 0 N–H and O–H groups in total. The first-order valence-corrected chi connectivity index (χ1v) is 20.9. The van der Waals surface area contributed by atoms with E-state index in [2.05, 4.69) is 204 Å². The average molecular weight is 774 g/mol. The van der Waals surface area contributed by atoms with Crippen molar-refractivity contribution in [3.8, 4) is 62.4 Å². The smallest absolute Gasteiger partial charge is 0.145 e. The molecule has 3 aliphatic rings. The van der Waals surface area contributed by atoms with Gasteiger partial charge in [-0.25, -0.2) is 9.97 Å². The van der Waals surface area contributed by atoms with Crippen molar-refractivity contribution in [1.29, 1.82) is 0 Å². The maximum absolute atomic E-state index is 5.52. The van der Waals surface area contributed by atoms with Crippen molar-refractivity contribution in [3.63, 3.8) is 0 Å². The Balaban J connectivity index is 0.978. The molecule has 0 saturated carbocycles. The number of pyridine rings is 1. The molecule has 282 valence electrons. The maximum Gasteiger partial charge on any atom is 0.145 e. The standard InChI is InChI=1S/C58H35N3/c1-3-15-40(16-4-1)57-60-52-25-13-14-26-53(52)61(57)41-33-31-38(32-34-41)37-27-29-39(30-28-37)56-55-45(44-19-9-12-24-51(44)59-56)35-36-50-54(55)46-20-5-2-6-21-49(46)58(50)47-22-10-7-17-42(47)43-18-8-11-23-48(43)58/h1-4,6-19,21-36,46H. The molecule has 1 atom stereocenters. The minimum Gasteiger partial charge on any atom is -0.292 e. The first-order chi connectivity index (χ1) is 30.3. The normalized spacial score (nSPS) is 15.2. The molecule has 13 rings (SSSR count). The lowest BCUT2D eigenvalue weighted by Crippen LogP contribution is -2.26. The summed E-state index contributed by atoms with van der Waals surface area (Å²) >= 11 is 0. The zero-order valence-corrected chi connectivity index (χ0v) is 33.0. The van der Waals surface area contributed by atoms with E-state index in [1.807, 2.05) is 18.2 Å². The fourth-order valence-electron chi connectivity index (χ4n) is 10.7. The van der Waals surface area contributed by atoms with Gasteiger partial charge in [-0.2, -0.15) is 0 Å². The minimum atomic E-state index is -0.464. The Morgan fingerprint density at radius 2 is 1.13 bits per heavy atom. The van der Waals surface area contributed by atoms with Gasteiger partial charge in [-0.3, -0.25) is 4.57 Å². The quantitative estimate of drug-likeness (QED) is 0.132. The summed E-state index contributed by atoms with van der Waals surface area (Å²) in [5, 5.41) is 3.54. The number of fused-ring (bicyclic) bond motifs is 15. The van der Waals surface area contributed by atoms with Gasteiger partial charge in [0.2, 0.25) is 0 Å². The van der Waals surface area contributed by atoms with E-state index in [1.54, 1.807) is 0 Å². The molecule has 0 saturated heterocycles. The molecule has 0 fully saturated rings. The van der Waals surface area contributed by atoms with Crippen molar-refractivity contribution in [1.82, 2.24) is 14.5 Å². The third kappa shape index (κ3) is 4.76. The van der Waals surface area contributed by atoms with Crippen LogP contribution in [-0.2, 0) is 5.41 Å². The second-order valence-corrected chi connectivity index (χ2v) is 16.2. The summed E-state index contributed by atoms with van der Waals surface area (Å²) in [5.41, 5.74) is 18.2. The number of rotatable bonds is 4. The van der Waals surface area contributed by atoms with Crippen molar-refractivity contribution in [3.05, 3.63) is 234 Å². The van der Waals surface area contributed by atoms with E-state index in [1.165, 1.54) is 49.7 Å². The van der Waals surface area contributed by atoms with Gasteiger partial charge in [-0.1, -0.05) is 182 Å². The lowest BCUT2D eigenvalue weighted by molar-refractivity contribution is 0.761. The van der Waals surface area contributed by atoms with E-state index < -0.39 is 5.41 Å². The van der Waals surface area contributed by atoms with Crippen LogP contribution in [0, 0.1) is 11.8 Å². The van der Waals surface area contributed by atoms with E-state index in [4.69, 9.17) is 9.97 Å². The van der Waals surface area contributed by atoms with E-state index >= 15 is 0 Å². The number of imidazole rings is 1. The van der Waals surface area contributed by atoms with E-state index in [0.717, 1.165) is 61.4 Å². The van der Waals surface area contributed by atoms with Crippen molar-refractivity contribution in [2.24, 2.45) is 0 Å². The highest BCUT2D eigenvalue weighted by Crippen LogP contribution is 2.65. The molecule has 8 aromatic carbocycles. The molecule has 2 heterocycles. The van der Waals surface area contributed by atoms with E-state index in [9.17, 15) is 0 Å². The van der Waals surface area contributed by atoms with Crippen molar-refractivity contribution >= 4 is 32.7 Å². The van der Waals surface area contributed by atoms with Crippen LogP contribution in [0.5, 0.6) is 0 Å². The zero-order valence-electron chi connectivity index (χ0n) is 33.0. The molecule has 0 bridgehead atoms. The Morgan fingerprint density at radius 1 is 0.492 bits per heavy atom. The number of para-hydroxylation sites is 3. The molecule has 3 aliphatic carbocycles. The monoisotopic (exact) mass is 773 g/mol. The molecule has 0 amide bonds. The summed E-state index contributed by atoms with van der Waals surface area (Å²) in [5.74, 6) is 8.01. The van der Waals surface area contributed by atoms with Crippen LogP contribution in [0.15, 0.2) is 212 Å². The number of hydrogen-bond donors (Lipinski definition) is 0. The van der Waals surface area contributed by atoms with Crippen LogP contribution in [0.4, 0.5) is 0 Å². The van der Waals surface area contributed by atoms with Crippen LogP contribution >= 0.6 is 0 Å². The van der Waals surface area contributed by atoms with Crippen molar-refractivity contribution < 1.29 is 0 Å². The number of aromatic nitrogens is 3. The Bertz CT molecular complexity index is 3530. The van der Waals surface area contributed by atoms with Gasteiger partial charge in [0.15, 0.2) is 0 Å². The van der Waals surface area contributed by atoms with Crippen LogP contribution in [0.1, 0.15) is 28.2 Å². The predicted molar refractivity (Wildman–Crippen MR) is 250 cm³/mol. The highest BCUT2D eigenvalue weighted by atomic mass is 15.1. The molecule has 1 spiro atoms. The van der Waals surface area contributed by atoms with Gasteiger partial charge in [0, 0.05) is 27.6 Å². The summed E-state index contributed by atoms with van der Waals surface area (Å²) in [6, 6.07) is 67.8. The molecule has 2 aromatic heterocycles. The summed E-state index contributed by atoms with van der Waals surface area (Å²) in [4.78, 5) is 10.6. The van der Waals surface area contributed by atoms with Gasteiger partial charge in [0.05, 0.1) is 33.6 Å². The molecule has 1 unspecified atom stereocenters. The Hall–Kier alpha value is -8.06. The largest absolute Gasteiger partial charge is 0.292 e. The highest BCUT2D eigenvalue weighted by molar-refractivity contribution is 6.14. The second kappa shape index (κ2) is 13.0. The number of benzene rings is 8. The van der Waals surface area contributed by atoms with Crippen LogP contribution in [0.3, 0.4) is 0 Å². The van der Waals surface area contributed by atoms with Crippen molar-refractivity contribution in [2.45, 2.75) is 11.3 Å². The van der Waals surface area contributed by atoms with Gasteiger partial charge < -0.3 is 0 Å². The molecular formula is C58H35N3. The summed E-state index contributed by atoms with van der Waals surface area (Å²) in [6.07, 6.45) is 6.46. The van der Waals surface area contributed by atoms with Crippen LogP contribution in [0.25, 0.3) is 83.3 Å². The summed E-state index contributed by atoms with van der Waals surface area (Å²) in [7, 11) is 0. The number of nitrogens with zero attached hydrogens (tertiary/aromatic N) is 3. The van der Waals surface area contributed by atoms with Gasteiger partial charge in [0.25, 0.3) is 0 Å². The second-order valence-electron chi connectivity index (χ2n) is 16.2. The molecular weight excluding hydrogens is 739 g/mol. The number of allylic oxidation sites excluding steroid dienone is 4. The lowest BCUT2D eigenvalue weighted by atomic mass is 9.69. The first-order valence-electron chi connectivity index (χ1n) is 20.9. The van der Waals surface area contributed by atoms with Crippen LogP contribution in [-0.4, -0.2) is 14.5 Å². The Morgan fingerprint density at radius 3 is 1.90 bits per heavy atom. The lowest BCUT2D eigenvalue weighted by Gasteiger charge is -2.31. The predicted octanol–water partition coefficient (Wildman–Crippen LogP) is 13.6. The third-order valence-electron chi connectivity index (χ3n) is 13.2. The molecule has 3 nitrogen and oxygen atoms in total. The topological polar surface area (TPSA) is 30.7 Å². The Kier molecular flexibility index (Phi) is 7.20. The minimum absolute atomic E-state index is 0.109. The highest BCUT2D eigenvalue weighted by Gasteiger charge is 2.55. The van der Waals surface area contributed by atoms with Gasteiger partial charge in [-0.15, -0.1) is 0 Å². The van der Waals surface area contributed by atoms with Gasteiger partial charge in [-0.05, 0) is 91.9 Å².